The van der Waals surface area contributed by atoms with Crippen molar-refractivity contribution >= 4 is 11.8 Å². The van der Waals surface area contributed by atoms with E-state index >= 15 is 0 Å². The molecule has 0 spiro atoms. The SMILES string of the molecule is CC(C)(C)NC(=O)c1ccc(C(=O)NCc2ccccc2OCc2ccccc2)cc1. The Bertz CT molecular complexity index is 1020. The second-order valence-electron chi connectivity index (χ2n) is 8.35. The lowest BCUT2D eigenvalue weighted by molar-refractivity contribution is 0.0915. The molecule has 0 fully saturated rings. The van der Waals surface area contributed by atoms with Crippen LogP contribution < -0.4 is 15.4 Å². The molecule has 3 aromatic rings. The Morgan fingerprint density at radius 3 is 2.00 bits per heavy atom. The average molecular weight is 417 g/mol. The second-order valence-corrected chi connectivity index (χ2v) is 8.35. The van der Waals surface area contributed by atoms with Crippen LogP contribution in [0.2, 0.25) is 0 Å². The third kappa shape index (κ3) is 6.71. The first kappa shape index (κ1) is 22.1. The molecule has 0 bridgehead atoms. The van der Waals surface area contributed by atoms with Crippen molar-refractivity contribution in [2.75, 3.05) is 0 Å². The Morgan fingerprint density at radius 2 is 1.35 bits per heavy atom. The van der Waals surface area contributed by atoms with Crippen molar-refractivity contribution in [1.29, 1.82) is 0 Å². The summed E-state index contributed by atoms with van der Waals surface area (Å²) in [6, 6.07) is 24.2. The summed E-state index contributed by atoms with van der Waals surface area (Å²) in [6.45, 7) is 6.58. The standard InChI is InChI=1S/C26H28N2O3/c1-26(2,3)28-25(30)21-15-13-20(14-16-21)24(29)27-17-22-11-7-8-12-23(22)31-18-19-9-5-4-6-10-19/h4-16H,17-18H2,1-3H3,(H,27,29)(H,28,30). The van der Waals surface area contributed by atoms with E-state index in [4.69, 9.17) is 4.74 Å². The summed E-state index contributed by atoms with van der Waals surface area (Å²) >= 11 is 0. The zero-order chi connectivity index (χ0) is 22.3. The Hall–Kier alpha value is -3.60. The van der Waals surface area contributed by atoms with E-state index in [9.17, 15) is 9.59 Å². The van der Waals surface area contributed by atoms with Gasteiger partial charge in [-0.2, -0.15) is 0 Å². The lowest BCUT2D eigenvalue weighted by atomic mass is 10.1. The molecule has 0 aliphatic carbocycles. The number of nitrogens with one attached hydrogen (secondary N) is 2. The highest BCUT2D eigenvalue weighted by Gasteiger charge is 2.16. The lowest BCUT2D eigenvalue weighted by Crippen LogP contribution is -2.40. The van der Waals surface area contributed by atoms with Crippen LogP contribution in [0, 0.1) is 0 Å². The van der Waals surface area contributed by atoms with Gasteiger partial charge in [-0.1, -0.05) is 48.5 Å². The molecule has 160 valence electrons. The zero-order valence-corrected chi connectivity index (χ0v) is 18.1. The van der Waals surface area contributed by atoms with E-state index in [2.05, 4.69) is 10.6 Å². The van der Waals surface area contributed by atoms with Crippen molar-refractivity contribution in [3.8, 4) is 5.75 Å². The minimum atomic E-state index is -0.316. The van der Waals surface area contributed by atoms with Gasteiger partial charge in [-0.25, -0.2) is 0 Å². The van der Waals surface area contributed by atoms with Crippen molar-refractivity contribution in [2.45, 2.75) is 39.5 Å². The van der Waals surface area contributed by atoms with Crippen molar-refractivity contribution in [3.05, 3.63) is 101 Å². The number of carbonyl (C=O) groups is 2. The first-order valence-corrected chi connectivity index (χ1v) is 10.3. The first-order valence-electron chi connectivity index (χ1n) is 10.3. The topological polar surface area (TPSA) is 67.4 Å². The largest absolute Gasteiger partial charge is 0.489 e. The van der Waals surface area contributed by atoms with Crippen LogP contribution in [0.5, 0.6) is 5.75 Å². The number of rotatable bonds is 7. The number of carbonyl (C=O) groups excluding carboxylic acids is 2. The summed E-state index contributed by atoms with van der Waals surface area (Å²) in [4.78, 5) is 24.8. The van der Waals surface area contributed by atoms with Gasteiger partial charge in [0.1, 0.15) is 12.4 Å². The zero-order valence-electron chi connectivity index (χ0n) is 18.1. The van der Waals surface area contributed by atoms with Crippen LogP contribution in [0.3, 0.4) is 0 Å². The van der Waals surface area contributed by atoms with E-state index in [1.54, 1.807) is 24.3 Å². The number of hydrogen-bond donors (Lipinski definition) is 2. The quantitative estimate of drug-likeness (QED) is 0.585. The van der Waals surface area contributed by atoms with Gasteiger partial charge in [-0.15, -0.1) is 0 Å². The maximum absolute atomic E-state index is 12.6. The molecule has 0 aliphatic rings. The summed E-state index contributed by atoms with van der Waals surface area (Å²) in [7, 11) is 0. The maximum Gasteiger partial charge on any atom is 0.251 e. The van der Waals surface area contributed by atoms with E-state index in [1.165, 1.54) is 0 Å². The number of benzene rings is 3. The van der Waals surface area contributed by atoms with Gasteiger partial charge < -0.3 is 15.4 Å². The molecule has 2 N–H and O–H groups in total. The third-order valence-electron chi connectivity index (χ3n) is 4.55. The maximum atomic E-state index is 12.6. The van der Waals surface area contributed by atoms with Crippen molar-refractivity contribution in [3.63, 3.8) is 0 Å². The predicted molar refractivity (Wildman–Crippen MR) is 122 cm³/mol. The van der Waals surface area contributed by atoms with Gasteiger partial charge >= 0.3 is 0 Å². The summed E-state index contributed by atoms with van der Waals surface area (Å²) in [5.74, 6) is 0.366. The molecule has 31 heavy (non-hydrogen) atoms. The number of hydrogen-bond acceptors (Lipinski definition) is 3. The van der Waals surface area contributed by atoms with Gasteiger partial charge in [0.05, 0.1) is 0 Å². The fourth-order valence-corrected chi connectivity index (χ4v) is 2.99. The number of ether oxygens (including phenoxy) is 1. The molecule has 5 nitrogen and oxygen atoms in total. The van der Waals surface area contributed by atoms with Crippen LogP contribution in [-0.2, 0) is 13.2 Å². The molecule has 0 aromatic heterocycles. The molecule has 0 heterocycles. The third-order valence-corrected chi connectivity index (χ3v) is 4.55. The smallest absolute Gasteiger partial charge is 0.251 e. The average Bonchev–Trinajstić information content (AvgIpc) is 2.76. The van der Waals surface area contributed by atoms with Crippen LogP contribution in [0.1, 0.15) is 52.6 Å². The molecule has 0 atom stereocenters. The molecule has 5 heteroatoms. The van der Waals surface area contributed by atoms with Gasteiger partial charge in [0, 0.05) is 28.8 Å². The minimum Gasteiger partial charge on any atom is -0.489 e. The molecular weight excluding hydrogens is 388 g/mol. The lowest BCUT2D eigenvalue weighted by Gasteiger charge is -2.20. The Labute approximate surface area is 183 Å². The Kier molecular flexibility index (Phi) is 7.08. The normalized spacial score (nSPS) is 10.9. The fourth-order valence-electron chi connectivity index (χ4n) is 2.99. The van der Waals surface area contributed by atoms with Crippen LogP contribution in [-0.4, -0.2) is 17.4 Å². The monoisotopic (exact) mass is 416 g/mol. The predicted octanol–water partition coefficient (Wildman–Crippen LogP) is 4.72. The van der Waals surface area contributed by atoms with E-state index in [0.29, 0.717) is 24.3 Å². The molecule has 2 amide bonds. The van der Waals surface area contributed by atoms with Gasteiger partial charge in [0.25, 0.3) is 11.8 Å². The highest BCUT2D eigenvalue weighted by atomic mass is 16.5. The van der Waals surface area contributed by atoms with Crippen LogP contribution in [0.15, 0.2) is 78.9 Å². The Morgan fingerprint density at radius 1 is 0.774 bits per heavy atom. The van der Waals surface area contributed by atoms with Gasteiger partial charge in [0.15, 0.2) is 0 Å². The first-order chi connectivity index (χ1) is 14.8. The molecule has 3 rings (SSSR count). The summed E-state index contributed by atoms with van der Waals surface area (Å²) in [5.41, 5.74) is 2.68. The van der Waals surface area contributed by atoms with Crippen molar-refractivity contribution in [1.82, 2.24) is 10.6 Å². The Balaban J connectivity index is 1.59. The van der Waals surface area contributed by atoms with Crippen molar-refractivity contribution in [2.24, 2.45) is 0 Å². The molecule has 0 unspecified atom stereocenters. The molecule has 0 radical (unpaired) electrons. The second kappa shape index (κ2) is 9.94. The molecule has 0 saturated heterocycles. The number of amides is 2. The van der Waals surface area contributed by atoms with Crippen LogP contribution in [0.4, 0.5) is 0 Å². The van der Waals surface area contributed by atoms with E-state index in [-0.39, 0.29) is 17.4 Å². The number of para-hydroxylation sites is 1. The van der Waals surface area contributed by atoms with E-state index in [0.717, 1.165) is 16.9 Å². The van der Waals surface area contributed by atoms with Gasteiger partial charge in [0.2, 0.25) is 0 Å². The molecule has 0 aliphatic heterocycles. The van der Waals surface area contributed by atoms with Gasteiger partial charge in [-0.05, 0) is 56.7 Å². The highest BCUT2D eigenvalue weighted by molar-refractivity contribution is 5.98. The van der Waals surface area contributed by atoms with Crippen LogP contribution >= 0.6 is 0 Å². The van der Waals surface area contributed by atoms with Crippen molar-refractivity contribution < 1.29 is 14.3 Å². The summed E-state index contributed by atoms with van der Waals surface area (Å²) in [6.07, 6.45) is 0. The summed E-state index contributed by atoms with van der Waals surface area (Å²) < 4.78 is 5.95. The van der Waals surface area contributed by atoms with E-state index in [1.807, 2.05) is 75.4 Å². The molecular formula is C26H28N2O3. The fraction of sp³-hybridized carbons (Fsp3) is 0.231. The highest BCUT2D eigenvalue weighted by Crippen LogP contribution is 2.19. The molecule has 3 aromatic carbocycles. The molecule has 0 saturated carbocycles. The van der Waals surface area contributed by atoms with E-state index < -0.39 is 0 Å². The minimum absolute atomic E-state index is 0.163. The van der Waals surface area contributed by atoms with Gasteiger partial charge in [-0.3, -0.25) is 9.59 Å². The van der Waals surface area contributed by atoms with Crippen LogP contribution in [0.25, 0.3) is 0 Å². The summed E-state index contributed by atoms with van der Waals surface area (Å²) in [5, 5.41) is 5.83.